The Labute approximate surface area is 188 Å². The Balaban J connectivity index is 2.06. The van der Waals surface area contributed by atoms with E-state index >= 15 is 0 Å². The molecule has 0 unspecified atom stereocenters. The summed E-state index contributed by atoms with van der Waals surface area (Å²) in [6.45, 7) is 3.75. The second-order valence-electron chi connectivity index (χ2n) is 7.25. The van der Waals surface area contributed by atoms with Crippen molar-refractivity contribution >= 4 is 18.0 Å². The Morgan fingerprint density at radius 3 is 2.16 bits per heavy atom. The van der Waals surface area contributed by atoms with Crippen molar-refractivity contribution in [3.8, 4) is 0 Å². The zero-order valence-corrected chi connectivity index (χ0v) is 18.3. The Kier molecular flexibility index (Phi) is 10.5. The van der Waals surface area contributed by atoms with Gasteiger partial charge in [0, 0.05) is 6.42 Å². The van der Waals surface area contributed by atoms with Crippen LogP contribution in [0, 0.1) is 0 Å². The third-order valence-corrected chi connectivity index (χ3v) is 4.81. The summed E-state index contributed by atoms with van der Waals surface area (Å²) >= 11 is 0. The van der Waals surface area contributed by atoms with Crippen molar-refractivity contribution in [1.82, 2.24) is 10.6 Å². The Hall–Kier alpha value is -3.61. The minimum Gasteiger partial charge on any atom is -0.467 e. The van der Waals surface area contributed by atoms with Crippen LogP contribution in [0.3, 0.4) is 0 Å². The minimum absolute atomic E-state index is 0.0820. The zero-order valence-electron chi connectivity index (χ0n) is 18.3. The average Bonchev–Trinajstić information content (AvgIpc) is 2.82. The maximum atomic E-state index is 13.0. The van der Waals surface area contributed by atoms with Gasteiger partial charge in [-0.15, -0.1) is 6.58 Å². The van der Waals surface area contributed by atoms with Gasteiger partial charge < -0.3 is 20.1 Å². The highest BCUT2D eigenvalue weighted by molar-refractivity contribution is 5.89. The Bertz CT molecular complexity index is 870. The number of carbonyl (C=O) groups excluding carboxylic acids is 3. The predicted octanol–water partition coefficient (Wildman–Crippen LogP) is 3.54. The monoisotopic (exact) mass is 438 g/mol. The number of hydrogen-bond donors (Lipinski definition) is 2. The summed E-state index contributed by atoms with van der Waals surface area (Å²) in [6.07, 6.45) is 3.05. The number of alkyl carbamates (subject to hydrolysis) is 1. The van der Waals surface area contributed by atoms with E-state index in [2.05, 4.69) is 17.2 Å². The first kappa shape index (κ1) is 24.7. The molecule has 2 rings (SSSR count). The number of carbonyl (C=O) groups is 3. The van der Waals surface area contributed by atoms with Gasteiger partial charge in [0.05, 0.1) is 7.11 Å². The first-order valence-electron chi connectivity index (χ1n) is 10.5. The molecule has 0 saturated heterocycles. The zero-order chi connectivity index (χ0) is 23.2. The second kappa shape index (κ2) is 13.6. The lowest BCUT2D eigenvalue weighted by Gasteiger charge is -2.22. The van der Waals surface area contributed by atoms with Crippen LogP contribution in [0.4, 0.5) is 4.79 Å². The molecular formula is C25H30N2O5. The molecule has 0 aromatic heterocycles. The number of esters is 1. The van der Waals surface area contributed by atoms with Crippen LogP contribution < -0.4 is 10.6 Å². The Morgan fingerprint density at radius 2 is 1.56 bits per heavy atom. The summed E-state index contributed by atoms with van der Waals surface area (Å²) in [5.41, 5.74) is 1.69. The van der Waals surface area contributed by atoms with Crippen molar-refractivity contribution in [1.29, 1.82) is 0 Å². The SMILES string of the molecule is C=CCCC[C@H](NC(=O)[C@H](Cc1ccccc1)NC(=O)OCc1ccccc1)C(=O)OC. The molecule has 0 aliphatic carbocycles. The molecule has 0 aliphatic rings. The van der Waals surface area contributed by atoms with Crippen LogP contribution in [0.2, 0.25) is 0 Å². The maximum absolute atomic E-state index is 13.0. The van der Waals surface area contributed by atoms with E-state index in [4.69, 9.17) is 9.47 Å². The van der Waals surface area contributed by atoms with Gasteiger partial charge in [-0.25, -0.2) is 9.59 Å². The van der Waals surface area contributed by atoms with E-state index in [9.17, 15) is 14.4 Å². The number of benzene rings is 2. The highest BCUT2D eigenvalue weighted by Gasteiger charge is 2.27. The third-order valence-electron chi connectivity index (χ3n) is 4.81. The molecule has 2 amide bonds. The second-order valence-corrected chi connectivity index (χ2v) is 7.25. The minimum atomic E-state index is -0.924. The number of methoxy groups -OCH3 is 1. The summed E-state index contributed by atoms with van der Waals surface area (Å²) in [5, 5.41) is 5.33. The fourth-order valence-corrected chi connectivity index (χ4v) is 3.10. The van der Waals surface area contributed by atoms with E-state index in [1.54, 1.807) is 6.08 Å². The van der Waals surface area contributed by atoms with Crippen molar-refractivity contribution in [2.75, 3.05) is 7.11 Å². The van der Waals surface area contributed by atoms with Gasteiger partial charge in [0.25, 0.3) is 0 Å². The number of unbranched alkanes of at least 4 members (excludes halogenated alkanes) is 1. The topological polar surface area (TPSA) is 93.7 Å². The van der Waals surface area contributed by atoms with Crippen LogP contribution in [0.25, 0.3) is 0 Å². The predicted molar refractivity (Wildman–Crippen MR) is 122 cm³/mol. The normalized spacial score (nSPS) is 12.2. The molecule has 7 nitrogen and oxygen atoms in total. The molecule has 0 heterocycles. The first-order valence-corrected chi connectivity index (χ1v) is 10.5. The molecule has 170 valence electrons. The van der Waals surface area contributed by atoms with Gasteiger partial charge in [0.15, 0.2) is 0 Å². The van der Waals surface area contributed by atoms with Crippen molar-refractivity contribution in [2.24, 2.45) is 0 Å². The highest BCUT2D eigenvalue weighted by atomic mass is 16.5. The molecule has 0 spiro atoms. The molecule has 0 bridgehead atoms. The molecule has 0 aliphatic heterocycles. The largest absolute Gasteiger partial charge is 0.467 e. The number of allylic oxidation sites excluding steroid dienone is 1. The van der Waals surface area contributed by atoms with E-state index in [0.717, 1.165) is 11.1 Å². The first-order chi connectivity index (χ1) is 15.5. The summed E-state index contributed by atoms with van der Waals surface area (Å²) in [4.78, 5) is 37.5. The molecule has 2 N–H and O–H groups in total. The highest BCUT2D eigenvalue weighted by Crippen LogP contribution is 2.08. The van der Waals surface area contributed by atoms with Gasteiger partial charge >= 0.3 is 12.1 Å². The molecular weight excluding hydrogens is 408 g/mol. The lowest BCUT2D eigenvalue weighted by molar-refractivity contribution is -0.145. The molecule has 7 heteroatoms. The van der Waals surface area contributed by atoms with Crippen molar-refractivity contribution in [3.63, 3.8) is 0 Å². The van der Waals surface area contributed by atoms with Crippen LogP contribution in [-0.2, 0) is 32.1 Å². The molecule has 32 heavy (non-hydrogen) atoms. The summed E-state index contributed by atoms with van der Waals surface area (Å²) in [5.74, 6) is -1.02. The smallest absolute Gasteiger partial charge is 0.408 e. The molecule has 2 aromatic carbocycles. The number of hydrogen-bond acceptors (Lipinski definition) is 5. The van der Waals surface area contributed by atoms with E-state index in [-0.39, 0.29) is 13.0 Å². The van der Waals surface area contributed by atoms with Gasteiger partial charge in [0.1, 0.15) is 18.7 Å². The van der Waals surface area contributed by atoms with Crippen molar-refractivity contribution < 1.29 is 23.9 Å². The summed E-state index contributed by atoms with van der Waals surface area (Å²) < 4.78 is 10.1. The summed E-state index contributed by atoms with van der Waals surface area (Å²) in [6, 6.07) is 16.8. The number of ether oxygens (including phenoxy) is 2. The van der Waals surface area contributed by atoms with Gasteiger partial charge in [-0.3, -0.25) is 4.79 Å². The molecule has 2 aromatic rings. The van der Waals surface area contributed by atoms with Crippen LogP contribution >= 0.6 is 0 Å². The lowest BCUT2D eigenvalue weighted by atomic mass is 10.0. The molecule has 2 atom stereocenters. The third kappa shape index (κ3) is 8.63. The quantitative estimate of drug-likeness (QED) is 0.300. The van der Waals surface area contributed by atoms with E-state index in [1.165, 1.54) is 7.11 Å². The van der Waals surface area contributed by atoms with Gasteiger partial charge in [-0.2, -0.15) is 0 Å². The fraction of sp³-hybridized carbons (Fsp3) is 0.320. The molecule has 0 radical (unpaired) electrons. The standard InChI is InChI=1S/C25H30N2O5/c1-3-4-7-16-21(24(29)31-2)26-23(28)22(17-19-12-8-5-9-13-19)27-25(30)32-18-20-14-10-6-11-15-20/h3,5-6,8-15,21-22H,1,4,7,16-18H2,2H3,(H,26,28)(H,27,30)/t21-,22-/m0/s1. The molecule has 0 saturated carbocycles. The van der Waals surface area contributed by atoms with Crippen LogP contribution in [0.15, 0.2) is 73.3 Å². The lowest BCUT2D eigenvalue weighted by Crippen LogP contribution is -2.52. The van der Waals surface area contributed by atoms with Gasteiger partial charge in [-0.05, 0) is 30.4 Å². The Morgan fingerprint density at radius 1 is 0.938 bits per heavy atom. The van der Waals surface area contributed by atoms with E-state index < -0.39 is 30.1 Å². The fourth-order valence-electron chi connectivity index (χ4n) is 3.10. The van der Waals surface area contributed by atoms with Crippen LogP contribution in [-0.4, -0.2) is 37.2 Å². The van der Waals surface area contributed by atoms with Gasteiger partial charge in [-0.1, -0.05) is 66.7 Å². The van der Waals surface area contributed by atoms with E-state index in [1.807, 2.05) is 60.7 Å². The number of nitrogens with one attached hydrogen (secondary N) is 2. The average molecular weight is 439 g/mol. The van der Waals surface area contributed by atoms with Gasteiger partial charge in [0.2, 0.25) is 5.91 Å². The summed E-state index contributed by atoms with van der Waals surface area (Å²) in [7, 11) is 1.27. The van der Waals surface area contributed by atoms with Crippen LogP contribution in [0.5, 0.6) is 0 Å². The number of amides is 2. The molecule has 0 fully saturated rings. The number of rotatable bonds is 12. The maximum Gasteiger partial charge on any atom is 0.408 e. The van der Waals surface area contributed by atoms with Crippen LogP contribution in [0.1, 0.15) is 30.4 Å². The van der Waals surface area contributed by atoms with Crippen molar-refractivity contribution in [2.45, 2.75) is 44.4 Å². The van der Waals surface area contributed by atoms with E-state index in [0.29, 0.717) is 19.3 Å². The van der Waals surface area contributed by atoms with Crippen molar-refractivity contribution in [3.05, 3.63) is 84.4 Å².